The molecule has 3 aromatic carbocycles. The Hall–Kier alpha value is -5.46. The molecule has 0 radical (unpaired) electrons. The van der Waals surface area contributed by atoms with E-state index in [0.29, 0.717) is 78.7 Å². The van der Waals surface area contributed by atoms with Gasteiger partial charge in [0.1, 0.15) is 22.8 Å². The molecule has 0 atom stereocenters. The number of anilines is 2. The summed E-state index contributed by atoms with van der Waals surface area (Å²) in [5, 5.41) is 8.07. The van der Waals surface area contributed by atoms with Crippen molar-refractivity contribution in [3.63, 3.8) is 0 Å². The first kappa shape index (κ1) is 38.0. The van der Waals surface area contributed by atoms with Crippen molar-refractivity contribution in [1.82, 2.24) is 10.6 Å². The summed E-state index contributed by atoms with van der Waals surface area (Å²) >= 11 is 0. The van der Waals surface area contributed by atoms with Gasteiger partial charge in [-0.15, -0.1) is 0 Å². The number of amides is 5. The minimum absolute atomic E-state index is 0.260. The van der Waals surface area contributed by atoms with Crippen molar-refractivity contribution >= 4 is 35.3 Å². The minimum atomic E-state index is -0.586. The van der Waals surface area contributed by atoms with Crippen molar-refractivity contribution < 1.29 is 38.1 Å². The summed E-state index contributed by atoms with van der Waals surface area (Å²) in [5.41, 5.74) is 7.08. The molecule has 49 heavy (non-hydrogen) atoms. The van der Waals surface area contributed by atoms with Gasteiger partial charge in [0, 0.05) is 25.7 Å². The van der Waals surface area contributed by atoms with E-state index in [0.717, 1.165) is 5.56 Å². The average Bonchev–Trinajstić information content (AvgIpc) is 3.05. The number of nitrogens with zero attached hydrogens (tertiary/aromatic N) is 1. The Labute approximate surface area is 287 Å². The molecule has 0 unspecified atom stereocenters. The van der Waals surface area contributed by atoms with Crippen LogP contribution in [0.5, 0.6) is 17.2 Å². The van der Waals surface area contributed by atoms with Crippen molar-refractivity contribution in [2.75, 3.05) is 50.7 Å². The number of para-hydroxylation sites is 1. The van der Waals surface area contributed by atoms with E-state index in [-0.39, 0.29) is 12.5 Å². The number of carbonyl (C=O) groups is 4. The van der Waals surface area contributed by atoms with Crippen LogP contribution in [0.25, 0.3) is 0 Å². The molecule has 3 rings (SSSR count). The highest BCUT2D eigenvalue weighted by Gasteiger charge is 2.21. The SMILES string of the molecule is COc1cc(C(=O)N(C)c2ccc(C)cc2OCCCCNC(N)=O)ccc1NC(=O)c1ccccc1OCCCNC(=O)OC(C)(C)C. The van der Waals surface area contributed by atoms with E-state index in [1.54, 1.807) is 70.3 Å². The lowest BCUT2D eigenvalue weighted by Crippen LogP contribution is -2.33. The van der Waals surface area contributed by atoms with Crippen LogP contribution in [0.3, 0.4) is 0 Å². The van der Waals surface area contributed by atoms with Crippen molar-refractivity contribution in [2.45, 2.75) is 52.6 Å². The van der Waals surface area contributed by atoms with Crippen molar-refractivity contribution in [3.8, 4) is 17.2 Å². The van der Waals surface area contributed by atoms with Crippen molar-refractivity contribution in [2.24, 2.45) is 5.73 Å². The lowest BCUT2D eigenvalue weighted by atomic mass is 10.1. The molecule has 0 aromatic heterocycles. The molecule has 3 aromatic rings. The van der Waals surface area contributed by atoms with Gasteiger partial charge in [-0.3, -0.25) is 9.59 Å². The molecular formula is C36H47N5O8. The third kappa shape index (κ3) is 12.3. The number of ether oxygens (including phenoxy) is 4. The van der Waals surface area contributed by atoms with Crippen molar-refractivity contribution in [3.05, 3.63) is 77.4 Å². The van der Waals surface area contributed by atoms with Gasteiger partial charge in [-0.05, 0) is 95.0 Å². The first-order valence-corrected chi connectivity index (χ1v) is 16.0. The number of unbranched alkanes of at least 4 members (excludes halogenated alkanes) is 1. The molecule has 0 bridgehead atoms. The van der Waals surface area contributed by atoms with E-state index >= 15 is 0 Å². The number of rotatable bonds is 16. The Morgan fingerprint density at radius 2 is 1.51 bits per heavy atom. The molecule has 0 aliphatic carbocycles. The van der Waals surface area contributed by atoms with Gasteiger partial charge in [-0.2, -0.15) is 0 Å². The van der Waals surface area contributed by atoms with Crippen LogP contribution in [0.15, 0.2) is 60.7 Å². The fraction of sp³-hybridized carbons (Fsp3) is 0.389. The predicted octanol–water partition coefficient (Wildman–Crippen LogP) is 5.65. The molecular weight excluding hydrogens is 630 g/mol. The van der Waals surface area contributed by atoms with Gasteiger partial charge in [0.15, 0.2) is 0 Å². The van der Waals surface area contributed by atoms with Crippen LogP contribution in [0, 0.1) is 6.92 Å². The zero-order valence-electron chi connectivity index (χ0n) is 29.0. The average molecular weight is 678 g/mol. The first-order chi connectivity index (χ1) is 23.3. The number of methoxy groups -OCH3 is 1. The molecule has 0 aliphatic heterocycles. The maximum absolute atomic E-state index is 13.6. The third-order valence-corrected chi connectivity index (χ3v) is 6.98. The van der Waals surface area contributed by atoms with E-state index in [2.05, 4.69) is 16.0 Å². The zero-order valence-corrected chi connectivity index (χ0v) is 29.0. The first-order valence-electron chi connectivity index (χ1n) is 16.0. The molecule has 13 nitrogen and oxygen atoms in total. The Balaban J connectivity index is 1.64. The Bertz CT molecular complexity index is 1600. The number of alkyl carbamates (subject to hydrolysis) is 1. The number of hydrogen-bond donors (Lipinski definition) is 4. The summed E-state index contributed by atoms with van der Waals surface area (Å²) in [4.78, 5) is 51.1. The number of aryl methyl sites for hydroxylation is 1. The van der Waals surface area contributed by atoms with Crippen LogP contribution in [0.2, 0.25) is 0 Å². The third-order valence-electron chi connectivity index (χ3n) is 6.98. The second-order valence-corrected chi connectivity index (χ2v) is 12.2. The number of carbonyl (C=O) groups excluding carboxylic acids is 4. The van der Waals surface area contributed by atoms with Gasteiger partial charge in [0.05, 0.1) is 37.3 Å². The van der Waals surface area contributed by atoms with Crippen LogP contribution in [-0.4, -0.2) is 70.0 Å². The molecule has 0 fully saturated rings. The van der Waals surface area contributed by atoms with E-state index in [9.17, 15) is 19.2 Å². The molecule has 0 aliphatic rings. The number of nitrogens with two attached hydrogens (primary N) is 1. The second-order valence-electron chi connectivity index (χ2n) is 12.2. The summed E-state index contributed by atoms with van der Waals surface area (Å²) < 4.78 is 22.6. The number of benzene rings is 3. The summed E-state index contributed by atoms with van der Waals surface area (Å²) in [6.45, 7) is 8.75. The second kappa shape index (κ2) is 18.2. The fourth-order valence-corrected chi connectivity index (χ4v) is 4.59. The highest BCUT2D eigenvalue weighted by atomic mass is 16.6. The maximum Gasteiger partial charge on any atom is 0.407 e. The lowest BCUT2D eigenvalue weighted by Gasteiger charge is -2.22. The van der Waals surface area contributed by atoms with Crippen LogP contribution in [0.4, 0.5) is 21.0 Å². The van der Waals surface area contributed by atoms with E-state index in [4.69, 9.17) is 24.7 Å². The summed E-state index contributed by atoms with van der Waals surface area (Å²) in [6, 6.07) is 16.6. The van der Waals surface area contributed by atoms with Crippen molar-refractivity contribution in [1.29, 1.82) is 0 Å². The molecule has 0 saturated heterocycles. The minimum Gasteiger partial charge on any atom is -0.495 e. The monoisotopic (exact) mass is 677 g/mol. The van der Waals surface area contributed by atoms with Crippen LogP contribution in [-0.2, 0) is 4.74 Å². The van der Waals surface area contributed by atoms with Gasteiger partial charge < -0.3 is 45.5 Å². The summed E-state index contributed by atoms with van der Waals surface area (Å²) in [7, 11) is 3.11. The van der Waals surface area contributed by atoms with Gasteiger partial charge >= 0.3 is 12.1 Å². The quantitative estimate of drug-likeness (QED) is 0.141. The normalized spacial score (nSPS) is 10.8. The number of primary amides is 1. The molecule has 5 amide bonds. The van der Waals surface area contributed by atoms with Gasteiger partial charge in [0.2, 0.25) is 0 Å². The molecule has 5 N–H and O–H groups in total. The largest absolute Gasteiger partial charge is 0.495 e. The molecule has 264 valence electrons. The Kier molecular flexibility index (Phi) is 14.1. The summed E-state index contributed by atoms with van der Waals surface area (Å²) in [5.74, 6) is 0.487. The van der Waals surface area contributed by atoms with E-state index in [1.807, 2.05) is 25.1 Å². The number of hydrogen-bond acceptors (Lipinski definition) is 8. The molecule has 13 heteroatoms. The highest BCUT2D eigenvalue weighted by molar-refractivity contribution is 6.09. The molecule has 0 saturated carbocycles. The van der Waals surface area contributed by atoms with Crippen LogP contribution in [0.1, 0.15) is 66.3 Å². The van der Waals surface area contributed by atoms with Gasteiger partial charge in [-0.1, -0.05) is 18.2 Å². The zero-order chi connectivity index (χ0) is 36.0. The smallest absolute Gasteiger partial charge is 0.407 e. The van der Waals surface area contributed by atoms with E-state index in [1.165, 1.54) is 12.0 Å². The number of urea groups is 1. The Morgan fingerprint density at radius 1 is 0.816 bits per heavy atom. The van der Waals surface area contributed by atoms with Gasteiger partial charge in [0.25, 0.3) is 11.8 Å². The lowest BCUT2D eigenvalue weighted by molar-refractivity contribution is 0.0525. The summed E-state index contributed by atoms with van der Waals surface area (Å²) in [6.07, 6.45) is 1.36. The fourth-order valence-electron chi connectivity index (χ4n) is 4.59. The van der Waals surface area contributed by atoms with Gasteiger partial charge in [-0.25, -0.2) is 9.59 Å². The van der Waals surface area contributed by atoms with Crippen LogP contribution >= 0.6 is 0 Å². The molecule has 0 heterocycles. The highest BCUT2D eigenvalue weighted by Crippen LogP contribution is 2.32. The Morgan fingerprint density at radius 3 is 2.22 bits per heavy atom. The van der Waals surface area contributed by atoms with E-state index < -0.39 is 23.6 Å². The van der Waals surface area contributed by atoms with Crippen LogP contribution < -0.4 is 40.8 Å². The molecule has 0 spiro atoms. The number of nitrogens with one attached hydrogen (secondary N) is 3. The topological polar surface area (TPSA) is 171 Å². The predicted molar refractivity (Wildman–Crippen MR) is 188 cm³/mol. The maximum atomic E-state index is 13.6. The standard InChI is InChI=1S/C36H47N5O8/c1-24-14-17-28(31(22-24)48-20-10-9-18-38-34(37)44)41(5)33(43)25-15-16-27(30(23-25)46-6)40-32(42)26-12-7-8-13-29(26)47-21-11-19-39-35(45)49-36(2,3)4/h7-8,12-17,22-23H,9-11,18-21H2,1-6H3,(H,39,45)(H,40,42)(H3,37,38,44).